The van der Waals surface area contributed by atoms with Crippen molar-refractivity contribution in [1.82, 2.24) is 5.32 Å². The second-order valence-corrected chi connectivity index (χ2v) is 2.75. The van der Waals surface area contributed by atoms with Crippen molar-refractivity contribution < 1.29 is 14.6 Å². The van der Waals surface area contributed by atoms with Crippen LogP contribution in [0.5, 0.6) is 5.75 Å². The first-order valence-corrected chi connectivity index (χ1v) is 4.21. The molecule has 0 fully saturated rings. The zero-order valence-corrected chi connectivity index (χ0v) is 8.10. The Hall–Kier alpha value is -2.22. The summed E-state index contributed by atoms with van der Waals surface area (Å²) in [5, 5.41) is 19.4. The van der Waals surface area contributed by atoms with E-state index in [1.807, 2.05) is 6.07 Å². The summed E-state index contributed by atoms with van der Waals surface area (Å²) in [6, 6.07) is 7.71. The largest absolute Gasteiger partial charge is 0.496 e. The molecule has 78 valence electrons. The Morgan fingerprint density at radius 1 is 1.60 bits per heavy atom. The van der Waals surface area contributed by atoms with Gasteiger partial charge in [-0.15, -0.1) is 0 Å². The molecule has 1 aromatic carbocycles. The van der Waals surface area contributed by atoms with Gasteiger partial charge in [-0.3, -0.25) is 0 Å². The number of nitriles is 1. The van der Waals surface area contributed by atoms with Gasteiger partial charge in [-0.2, -0.15) is 5.26 Å². The van der Waals surface area contributed by atoms with E-state index in [0.717, 1.165) is 0 Å². The number of hydrogen-bond acceptors (Lipinski definition) is 3. The molecule has 0 aromatic heterocycles. The van der Waals surface area contributed by atoms with E-state index in [1.165, 1.54) is 7.11 Å². The molecule has 0 aliphatic carbocycles. The molecular formula is C10H10N2O3. The third-order valence-corrected chi connectivity index (χ3v) is 1.85. The fourth-order valence-electron chi connectivity index (χ4n) is 1.21. The molecule has 0 radical (unpaired) electrons. The number of benzene rings is 1. The summed E-state index contributed by atoms with van der Waals surface area (Å²) in [5.41, 5.74) is 0.505. The fraction of sp³-hybridized carbons (Fsp3) is 0.200. The first kappa shape index (κ1) is 10.9. The summed E-state index contributed by atoms with van der Waals surface area (Å²) >= 11 is 0. The van der Waals surface area contributed by atoms with Crippen molar-refractivity contribution in [2.24, 2.45) is 0 Å². The van der Waals surface area contributed by atoms with E-state index in [2.05, 4.69) is 5.32 Å². The van der Waals surface area contributed by atoms with Gasteiger partial charge in [-0.1, -0.05) is 18.2 Å². The molecule has 0 saturated heterocycles. The van der Waals surface area contributed by atoms with E-state index >= 15 is 0 Å². The normalized spacial score (nSPS) is 11.2. The highest BCUT2D eigenvalue weighted by Gasteiger charge is 2.16. The van der Waals surface area contributed by atoms with E-state index in [-0.39, 0.29) is 0 Å². The van der Waals surface area contributed by atoms with Crippen LogP contribution < -0.4 is 10.1 Å². The van der Waals surface area contributed by atoms with Crippen molar-refractivity contribution in [3.63, 3.8) is 0 Å². The Morgan fingerprint density at radius 2 is 2.27 bits per heavy atom. The van der Waals surface area contributed by atoms with Crippen LogP contribution in [0.4, 0.5) is 4.79 Å². The lowest BCUT2D eigenvalue weighted by atomic mass is 10.1. The van der Waals surface area contributed by atoms with Gasteiger partial charge in [0, 0.05) is 5.56 Å². The Bertz CT molecular complexity index is 398. The van der Waals surface area contributed by atoms with Gasteiger partial charge in [0.15, 0.2) is 0 Å². The van der Waals surface area contributed by atoms with E-state index in [0.29, 0.717) is 11.3 Å². The number of amides is 1. The number of nitrogens with one attached hydrogen (secondary N) is 1. The number of ether oxygens (including phenoxy) is 1. The number of hydrogen-bond donors (Lipinski definition) is 2. The SMILES string of the molecule is COc1ccccc1C(C#N)NC(=O)O. The van der Waals surface area contributed by atoms with Gasteiger partial charge in [0.25, 0.3) is 0 Å². The first-order chi connectivity index (χ1) is 7.19. The number of carboxylic acid groups (broad SMARTS) is 1. The minimum Gasteiger partial charge on any atom is -0.496 e. The topological polar surface area (TPSA) is 82.3 Å². The van der Waals surface area contributed by atoms with Crippen molar-refractivity contribution in [2.75, 3.05) is 7.11 Å². The van der Waals surface area contributed by atoms with Crippen LogP contribution in [0.2, 0.25) is 0 Å². The molecule has 1 aromatic rings. The van der Waals surface area contributed by atoms with Crippen LogP contribution in [0.25, 0.3) is 0 Å². The smallest absolute Gasteiger partial charge is 0.405 e. The van der Waals surface area contributed by atoms with Gasteiger partial charge in [0.2, 0.25) is 0 Å². The van der Waals surface area contributed by atoms with Crippen molar-refractivity contribution in [1.29, 1.82) is 5.26 Å². The minimum absolute atomic E-state index is 0.484. The fourth-order valence-corrected chi connectivity index (χ4v) is 1.21. The van der Waals surface area contributed by atoms with E-state index in [4.69, 9.17) is 15.1 Å². The molecule has 0 spiro atoms. The van der Waals surface area contributed by atoms with Gasteiger partial charge >= 0.3 is 6.09 Å². The average Bonchev–Trinajstić information content (AvgIpc) is 2.25. The quantitative estimate of drug-likeness (QED) is 0.785. The molecule has 5 heteroatoms. The molecule has 15 heavy (non-hydrogen) atoms. The molecular weight excluding hydrogens is 196 g/mol. The van der Waals surface area contributed by atoms with Crippen molar-refractivity contribution in [2.45, 2.75) is 6.04 Å². The minimum atomic E-state index is -1.24. The summed E-state index contributed by atoms with van der Waals surface area (Å²) in [4.78, 5) is 10.4. The van der Waals surface area contributed by atoms with Crippen molar-refractivity contribution in [3.8, 4) is 11.8 Å². The molecule has 1 rings (SSSR count). The second kappa shape index (κ2) is 4.86. The summed E-state index contributed by atoms with van der Waals surface area (Å²) in [6.45, 7) is 0. The lowest BCUT2D eigenvalue weighted by Gasteiger charge is -2.12. The maximum Gasteiger partial charge on any atom is 0.405 e. The Balaban J connectivity index is 3.02. The summed E-state index contributed by atoms with van der Waals surface area (Å²) < 4.78 is 5.03. The summed E-state index contributed by atoms with van der Waals surface area (Å²) in [7, 11) is 1.47. The third kappa shape index (κ3) is 2.61. The molecule has 0 aliphatic rings. The van der Waals surface area contributed by atoms with Gasteiger partial charge in [-0.25, -0.2) is 4.79 Å². The molecule has 2 N–H and O–H groups in total. The molecule has 0 heterocycles. The van der Waals surface area contributed by atoms with E-state index in [9.17, 15) is 4.79 Å². The van der Waals surface area contributed by atoms with Crippen LogP contribution in [0.3, 0.4) is 0 Å². The Labute approximate surface area is 86.9 Å². The third-order valence-electron chi connectivity index (χ3n) is 1.85. The second-order valence-electron chi connectivity index (χ2n) is 2.75. The lowest BCUT2D eigenvalue weighted by molar-refractivity contribution is 0.192. The predicted molar refractivity (Wildman–Crippen MR) is 52.5 cm³/mol. The van der Waals surface area contributed by atoms with Crippen LogP contribution in [-0.4, -0.2) is 18.3 Å². The van der Waals surface area contributed by atoms with E-state index in [1.54, 1.807) is 24.3 Å². The first-order valence-electron chi connectivity index (χ1n) is 4.21. The number of methoxy groups -OCH3 is 1. The number of para-hydroxylation sites is 1. The highest BCUT2D eigenvalue weighted by atomic mass is 16.5. The maximum absolute atomic E-state index is 10.4. The van der Waals surface area contributed by atoms with Crippen LogP contribution in [-0.2, 0) is 0 Å². The monoisotopic (exact) mass is 206 g/mol. The highest BCUT2D eigenvalue weighted by Crippen LogP contribution is 2.23. The zero-order chi connectivity index (χ0) is 11.3. The summed E-state index contributed by atoms with van der Waals surface area (Å²) in [6.07, 6.45) is -1.24. The average molecular weight is 206 g/mol. The lowest BCUT2D eigenvalue weighted by Crippen LogP contribution is -2.25. The molecule has 1 amide bonds. The standard InChI is InChI=1S/C10H10N2O3/c1-15-9-5-3-2-4-7(9)8(6-11)12-10(13)14/h2-5,8,12H,1H3,(H,13,14). The highest BCUT2D eigenvalue weighted by molar-refractivity contribution is 5.66. The van der Waals surface area contributed by atoms with Crippen molar-refractivity contribution in [3.05, 3.63) is 29.8 Å². The molecule has 1 atom stereocenters. The zero-order valence-electron chi connectivity index (χ0n) is 8.10. The van der Waals surface area contributed by atoms with Crippen LogP contribution in [0.15, 0.2) is 24.3 Å². The Morgan fingerprint density at radius 3 is 2.80 bits per heavy atom. The predicted octanol–water partition coefficient (Wildman–Crippen LogP) is 1.53. The molecule has 1 unspecified atom stereocenters. The van der Waals surface area contributed by atoms with Gasteiger partial charge in [0.05, 0.1) is 13.2 Å². The van der Waals surface area contributed by atoms with Gasteiger partial charge in [-0.05, 0) is 6.07 Å². The maximum atomic E-state index is 10.4. The van der Waals surface area contributed by atoms with Crippen LogP contribution in [0.1, 0.15) is 11.6 Å². The molecule has 0 aliphatic heterocycles. The van der Waals surface area contributed by atoms with E-state index < -0.39 is 12.1 Å². The molecule has 5 nitrogen and oxygen atoms in total. The van der Waals surface area contributed by atoms with Crippen LogP contribution >= 0.6 is 0 Å². The molecule has 0 bridgehead atoms. The Kier molecular flexibility index (Phi) is 3.52. The molecule has 0 saturated carbocycles. The summed E-state index contributed by atoms with van der Waals surface area (Å²) in [5.74, 6) is 0.484. The number of nitrogens with zero attached hydrogens (tertiary/aromatic N) is 1. The van der Waals surface area contributed by atoms with Gasteiger partial charge < -0.3 is 15.2 Å². The number of carbonyl (C=O) groups is 1. The number of rotatable bonds is 3. The van der Waals surface area contributed by atoms with Gasteiger partial charge in [0.1, 0.15) is 11.8 Å². The van der Waals surface area contributed by atoms with Crippen LogP contribution in [0, 0.1) is 11.3 Å². The van der Waals surface area contributed by atoms with Crippen molar-refractivity contribution >= 4 is 6.09 Å².